The fourth-order valence-corrected chi connectivity index (χ4v) is 3.11. The number of benzene rings is 2. The van der Waals surface area contributed by atoms with Crippen LogP contribution in [-0.2, 0) is 11.3 Å². The van der Waals surface area contributed by atoms with Crippen LogP contribution < -0.4 is 0 Å². The standard InChI is InChI=1S/C20H23NO2/c1-15(22)16-6-4-7-17(13-16)20-8-3-2-5-18(20)14-21-11-9-19(23)10-12-21/h2-8,13,15,22H,9-12,14H2,1H3. The van der Waals surface area contributed by atoms with E-state index < -0.39 is 6.10 Å². The molecule has 0 bridgehead atoms. The molecule has 0 radical (unpaired) electrons. The Morgan fingerprint density at radius 2 is 1.83 bits per heavy atom. The third kappa shape index (κ3) is 3.87. The fourth-order valence-electron chi connectivity index (χ4n) is 3.11. The van der Waals surface area contributed by atoms with E-state index in [0.29, 0.717) is 18.6 Å². The van der Waals surface area contributed by atoms with Crippen LogP contribution in [0.3, 0.4) is 0 Å². The SMILES string of the molecule is CC(O)c1cccc(-c2ccccc2CN2CCC(=O)CC2)c1. The predicted molar refractivity (Wildman–Crippen MR) is 92.0 cm³/mol. The molecule has 3 heteroatoms. The van der Waals surface area contributed by atoms with Gasteiger partial charge in [-0.3, -0.25) is 9.69 Å². The van der Waals surface area contributed by atoms with Gasteiger partial charge in [-0.1, -0.05) is 42.5 Å². The molecule has 1 N–H and O–H groups in total. The van der Waals surface area contributed by atoms with Crippen molar-refractivity contribution in [3.8, 4) is 11.1 Å². The molecule has 0 aromatic heterocycles. The molecule has 1 saturated heterocycles. The van der Waals surface area contributed by atoms with Crippen LogP contribution in [0.4, 0.5) is 0 Å². The molecule has 1 fully saturated rings. The van der Waals surface area contributed by atoms with Crippen molar-refractivity contribution >= 4 is 5.78 Å². The highest BCUT2D eigenvalue weighted by Gasteiger charge is 2.17. The third-order valence-corrected chi connectivity index (χ3v) is 4.51. The van der Waals surface area contributed by atoms with Crippen molar-refractivity contribution in [3.05, 3.63) is 59.7 Å². The molecule has 0 aliphatic carbocycles. The maximum Gasteiger partial charge on any atom is 0.135 e. The summed E-state index contributed by atoms with van der Waals surface area (Å²) in [4.78, 5) is 13.7. The normalized spacial score (nSPS) is 17.2. The number of ketones is 1. The first-order valence-electron chi connectivity index (χ1n) is 8.24. The molecular formula is C20H23NO2. The summed E-state index contributed by atoms with van der Waals surface area (Å²) in [6.45, 7) is 4.35. The van der Waals surface area contributed by atoms with E-state index in [0.717, 1.165) is 30.8 Å². The molecule has 1 unspecified atom stereocenters. The van der Waals surface area contributed by atoms with Gasteiger partial charge in [0.05, 0.1) is 6.10 Å². The van der Waals surface area contributed by atoms with Crippen molar-refractivity contribution in [2.45, 2.75) is 32.4 Å². The number of carbonyl (C=O) groups excluding carboxylic acids is 1. The van der Waals surface area contributed by atoms with Crippen molar-refractivity contribution in [3.63, 3.8) is 0 Å². The Labute approximate surface area is 137 Å². The zero-order valence-electron chi connectivity index (χ0n) is 13.5. The maximum absolute atomic E-state index is 11.4. The first-order valence-corrected chi connectivity index (χ1v) is 8.24. The van der Waals surface area contributed by atoms with Gasteiger partial charge in [0.25, 0.3) is 0 Å². The summed E-state index contributed by atoms with van der Waals surface area (Å²) in [5.74, 6) is 0.374. The van der Waals surface area contributed by atoms with Gasteiger partial charge in [0, 0.05) is 32.5 Å². The van der Waals surface area contributed by atoms with E-state index in [2.05, 4.69) is 35.2 Å². The lowest BCUT2D eigenvalue weighted by atomic mass is 9.96. The molecule has 0 saturated carbocycles. The predicted octanol–water partition coefficient (Wildman–Crippen LogP) is 3.57. The van der Waals surface area contributed by atoms with Crippen molar-refractivity contribution in [2.24, 2.45) is 0 Å². The average molecular weight is 309 g/mol. The second-order valence-corrected chi connectivity index (χ2v) is 6.27. The Bertz CT molecular complexity index is 684. The fraction of sp³-hybridized carbons (Fsp3) is 0.350. The van der Waals surface area contributed by atoms with Crippen molar-refractivity contribution < 1.29 is 9.90 Å². The molecule has 1 heterocycles. The summed E-state index contributed by atoms with van der Waals surface area (Å²) < 4.78 is 0. The average Bonchev–Trinajstić information content (AvgIpc) is 2.57. The van der Waals surface area contributed by atoms with Gasteiger partial charge in [-0.25, -0.2) is 0 Å². The lowest BCUT2D eigenvalue weighted by Gasteiger charge is -2.26. The number of hydrogen-bond donors (Lipinski definition) is 1. The highest BCUT2D eigenvalue weighted by atomic mass is 16.3. The Morgan fingerprint density at radius 1 is 1.09 bits per heavy atom. The number of Topliss-reactive ketones (excluding diaryl/α,β-unsaturated/α-hetero) is 1. The first-order chi connectivity index (χ1) is 11.1. The largest absolute Gasteiger partial charge is 0.389 e. The topological polar surface area (TPSA) is 40.5 Å². The van der Waals surface area contributed by atoms with Gasteiger partial charge in [0.1, 0.15) is 5.78 Å². The van der Waals surface area contributed by atoms with E-state index >= 15 is 0 Å². The Balaban J connectivity index is 1.86. The molecule has 1 atom stereocenters. The number of likely N-dealkylation sites (tertiary alicyclic amines) is 1. The summed E-state index contributed by atoms with van der Waals surface area (Å²) in [5.41, 5.74) is 4.53. The number of piperidine rings is 1. The molecule has 0 amide bonds. The van der Waals surface area contributed by atoms with Crippen molar-refractivity contribution in [1.82, 2.24) is 4.90 Å². The Kier molecular flexibility index (Phi) is 4.89. The monoisotopic (exact) mass is 309 g/mol. The summed E-state index contributed by atoms with van der Waals surface area (Å²) in [7, 11) is 0. The summed E-state index contributed by atoms with van der Waals surface area (Å²) in [5, 5.41) is 9.81. The smallest absolute Gasteiger partial charge is 0.135 e. The van der Waals surface area contributed by atoms with E-state index in [4.69, 9.17) is 0 Å². The third-order valence-electron chi connectivity index (χ3n) is 4.51. The van der Waals surface area contributed by atoms with Crippen LogP contribution >= 0.6 is 0 Å². The van der Waals surface area contributed by atoms with Gasteiger partial charge in [0.15, 0.2) is 0 Å². The Hall–Kier alpha value is -1.97. The number of nitrogens with zero attached hydrogens (tertiary/aromatic N) is 1. The molecule has 1 aliphatic rings. The zero-order valence-corrected chi connectivity index (χ0v) is 13.5. The molecule has 3 nitrogen and oxygen atoms in total. The van der Waals surface area contributed by atoms with Gasteiger partial charge >= 0.3 is 0 Å². The molecule has 2 aromatic rings. The molecular weight excluding hydrogens is 286 g/mol. The van der Waals surface area contributed by atoms with Crippen LogP contribution in [0, 0.1) is 0 Å². The number of rotatable bonds is 4. The molecule has 1 aliphatic heterocycles. The number of hydrogen-bond acceptors (Lipinski definition) is 3. The van der Waals surface area contributed by atoms with Crippen molar-refractivity contribution in [1.29, 1.82) is 0 Å². The van der Waals surface area contributed by atoms with Crippen LogP contribution in [0.5, 0.6) is 0 Å². The number of aliphatic hydroxyl groups is 1. The molecule has 120 valence electrons. The molecule has 23 heavy (non-hydrogen) atoms. The van der Waals surface area contributed by atoms with E-state index in [9.17, 15) is 9.90 Å². The van der Waals surface area contributed by atoms with Gasteiger partial charge < -0.3 is 5.11 Å². The van der Waals surface area contributed by atoms with E-state index in [-0.39, 0.29) is 0 Å². The quantitative estimate of drug-likeness (QED) is 0.938. The Morgan fingerprint density at radius 3 is 2.57 bits per heavy atom. The minimum atomic E-state index is -0.463. The van der Waals surface area contributed by atoms with Crippen LogP contribution in [0.25, 0.3) is 11.1 Å². The van der Waals surface area contributed by atoms with Crippen LogP contribution in [0.15, 0.2) is 48.5 Å². The summed E-state index contributed by atoms with van der Waals surface area (Å²) in [6.07, 6.45) is 0.870. The number of carbonyl (C=O) groups is 1. The van der Waals surface area contributed by atoms with E-state index in [1.165, 1.54) is 11.1 Å². The lowest BCUT2D eigenvalue weighted by Crippen LogP contribution is -2.33. The van der Waals surface area contributed by atoms with Crippen molar-refractivity contribution in [2.75, 3.05) is 13.1 Å². The van der Waals surface area contributed by atoms with Crippen LogP contribution in [0.2, 0.25) is 0 Å². The minimum absolute atomic E-state index is 0.374. The van der Waals surface area contributed by atoms with Crippen LogP contribution in [-0.4, -0.2) is 28.9 Å². The second-order valence-electron chi connectivity index (χ2n) is 6.27. The molecule has 0 spiro atoms. The van der Waals surface area contributed by atoms with Gasteiger partial charge in [-0.15, -0.1) is 0 Å². The molecule has 2 aromatic carbocycles. The van der Waals surface area contributed by atoms with Gasteiger partial charge in [-0.05, 0) is 35.2 Å². The maximum atomic E-state index is 11.4. The highest BCUT2D eigenvalue weighted by molar-refractivity contribution is 5.79. The zero-order chi connectivity index (χ0) is 16.2. The lowest BCUT2D eigenvalue weighted by molar-refractivity contribution is -0.121. The van der Waals surface area contributed by atoms with Gasteiger partial charge in [0.2, 0.25) is 0 Å². The highest BCUT2D eigenvalue weighted by Crippen LogP contribution is 2.27. The first kappa shape index (κ1) is 15.9. The van der Waals surface area contributed by atoms with Gasteiger partial charge in [-0.2, -0.15) is 0 Å². The van der Waals surface area contributed by atoms with Crippen LogP contribution in [0.1, 0.15) is 37.0 Å². The van der Waals surface area contributed by atoms with E-state index in [1.807, 2.05) is 18.2 Å². The molecule has 3 rings (SSSR count). The number of aliphatic hydroxyl groups excluding tert-OH is 1. The second kappa shape index (κ2) is 7.07. The van der Waals surface area contributed by atoms with E-state index in [1.54, 1.807) is 6.92 Å². The summed E-state index contributed by atoms with van der Waals surface area (Å²) >= 11 is 0. The summed E-state index contributed by atoms with van der Waals surface area (Å²) in [6, 6.07) is 16.5. The minimum Gasteiger partial charge on any atom is -0.389 e.